The predicted molar refractivity (Wildman–Crippen MR) is 81.8 cm³/mol. The van der Waals surface area contributed by atoms with Crippen LogP contribution in [0.2, 0.25) is 0 Å². The van der Waals surface area contributed by atoms with Crippen molar-refractivity contribution in [3.05, 3.63) is 62.4 Å². The summed E-state index contributed by atoms with van der Waals surface area (Å²) in [6.07, 6.45) is 0. The van der Waals surface area contributed by atoms with Crippen molar-refractivity contribution in [3.63, 3.8) is 0 Å². The van der Waals surface area contributed by atoms with E-state index in [9.17, 15) is 4.79 Å². The highest BCUT2D eigenvalue weighted by molar-refractivity contribution is 7.14. The molecule has 0 spiro atoms. The maximum absolute atomic E-state index is 12.0. The number of nitrogens with two attached hydrogens (primary N) is 1. The molecule has 1 aromatic carbocycles. The smallest absolute Gasteiger partial charge is 0.307 e. The Morgan fingerprint density at radius 3 is 2.58 bits per heavy atom. The van der Waals surface area contributed by atoms with Crippen molar-refractivity contribution in [3.8, 4) is 10.6 Å². The van der Waals surface area contributed by atoms with Gasteiger partial charge in [-0.2, -0.15) is 0 Å². The molecule has 2 aromatic heterocycles. The second kappa shape index (κ2) is 5.03. The van der Waals surface area contributed by atoms with Gasteiger partial charge in [0.05, 0.1) is 17.1 Å². The number of thiazole rings is 1. The van der Waals surface area contributed by atoms with Gasteiger partial charge in [-0.3, -0.25) is 9.36 Å². The molecule has 0 unspecified atom stereocenters. The first-order valence-electron chi connectivity index (χ1n) is 5.80. The van der Waals surface area contributed by atoms with Crippen LogP contribution >= 0.6 is 22.7 Å². The molecule has 3 aromatic rings. The molecular weight excluding hydrogens is 276 g/mol. The van der Waals surface area contributed by atoms with Gasteiger partial charge in [-0.25, -0.2) is 0 Å². The van der Waals surface area contributed by atoms with E-state index in [1.165, 1.54) is 11.3 Å². The molecule has 2 N–H and O–H groups in total. The Labute approximate surface area is 118 Å². The Kier molecular flexibility index (Phi) is 3.23. The van der Waals surface area contributed by atoms with Crippen LogP contribution in [0.5, 0.6) is 0 Å². The van der Waals surface area contributed by atoms with E-state index in [1.54, 1.807) is 11.3 Å². The van der Waals surface area contributed by atoms with E-state index >= 15 is 0 Å². The second-order valence-corrected chi connectivity index (χ2v) is 5.96. The number of aromatic nitrogens is 1. The average molecular weight is 288 g/mol. The molecule has 0 amide bonds. The van der Waals surface area contributed by atoms with E-state index in [-0.39, 0.29) is 4.87 Å². The summed E-state index contributed by atoms with van der Waals surface area (Å²) >= 11 is 2.88. The molecule has 0 aliphatic heterocycles. The highest BCUT2D eigenvalue weighted by atomic mass is 32.1. The van der Waals surface area contributed by atoms with Gasteiger partial charge in [-0.15, -0.1) is 11.3 Å². The van der Waals surface area contributed by atoms with Gasteiger partial charge in [-0.05, 0) is 29.1 Å². The molecule has 0 saturated carbocycles. The van der Waals surface area contributed by atoms with Gasteiger partial charge in [0.1, 0.15) is 0 Å². The minimum atomic E-state index is 0.0697. The lowest BCUT2D eigenvalue weighted by molar-refractivity contribution is 0.794. The first-order chi connectivity index (χ1) is 9.24. The molecule has 0 aliphatic rings. The fraction of sp³-hybridized carbons (Fsp3) is 0.0714. The van der Waals surface area contributed by atoms with Gasteiger partial charge in [0.2, 0.25) is 0 Å². The lowest BCUT2D eigenvalue weighted by Crippen LogP contribution is -2.14. The quantitative estimate of drug-likeness (QED) is 0.752. The minimum absolute atomic E-state index is 0.0697. The summed E-state index contributed by atoms with van der Waals surface area (Å²) in [5.41, 5.74) is 8.47. The third kappa shape index (κ3) is 2.47. The van der Waals surface area contributed by atoms with Crippen LogP contribution in [0.1, 0.15) is 5.56 Å². The van der Waals surface area contributed by atoms with Crippen LogP contribution in [0.15, 0.2) is 52.0 Å². The number of hydrogen-bond donors (Lipinski definition) is 1. The van der Waals surface area contributed by atoms with Gasteiger partial charge in [-0.1, -0.05) is 29.5 Å². The third-order valence-corrected chi connectivity index (χ3v) is 4.53. The van der Waals surface area contributed by atoms with Gasteiger partial charge in [0.25, 0.3) is 0 Å². The summed E-state index contributed by atoms with van der Waals surface area (Å²) < 4.78 is 1.81. The molecule has 0 radical (unpaired) electrons. The summed E-state index contributed by atoms with van der Waals surface area (Å²) in [4.78, 5) is 13.2. The zero-order chi connectivity index (χ0) is 13.2. The molecule has 0 aliphatic carbocycles. The molecule has 19 heavy (non-hydrogen) atoms. The van der Waals surface area contributed by atoms with E-state index in [1.807, 2.05) is 51.7 Å². The monoisotopic (exact) mass is 288 g/mol. The van der Waals surface area contributed by atoms with Crippen LogP contribution in [-0.4, -0.2) is 4.57 Å². The summed E-state index contributed by atoms with van der Waals surface area (Å²) in [5, 5.41) is 3.94. The Morgan fingerprint density at radius 1 is 1.11 bits per heavy atom. The lowest BCUT2D eigenvalue weighted by atomic mass is 10.2. The number of rotatable bonds is 3. The molecule has 96 valence electrons. The van der Waals surface area contributed by atoms with Gasteiger partial charge in [0.15, 0.2) is 0 Å². The van der Waals surface area contributed by atoms with Crippen molar-refractivity contribution in [2.24, 2.45) is 0 Å². The molecule has 2 heterocycles. The largest absolute Gasteiger partial charge is 0.399 e. The second-order valence-electron chi connectivity index (χ2n) is 4.19. The van der Waals surface area contributed by atoms with Crippen LogP contribution in [-0.2, 0) is 6.54 Å². The Balaban J connectivity index is 1.99. The normalized spacial score (nSPS) is 10.7. The van der Waals surface area contributed by atoms with Gasteiger partial charge >= 0.3 is 4.87 Å². The van der Waals surface area contributed by atoms with Crippen LogP contribution in [0.25, 0.3) is 10.6 Å². The van der Waals surface area contributed by atoms with Crippen LogP contribution in [0.3, 0.4) is 0 Å². The molecule has 5 heteroatoms. The molecule has 0 saturated heterocycles. The van der Waals surface area contributed by atoms with E-state index < -0.39 is 0 Å². The number of nitrogens with zero attached hydrogens (tertiary/aromatic N) is 1. The number of thiophene rings is 1. The van der Waals surface area contributed by atoms with Crippen molar-refractivity contribution in [1.29, 1.82) is 0 Å². The van der Waals surface area contributed by atoms with Crippen molar-refractivity contribution in [2.75, 3.05) is 5.73 Å². The highest BCUT2D eigenvalue weighted by Crippen LogP contribution is 2.25. The fourth-order valence-corrected chi connectivity index (χ4v) is 3.48. The maximum atomic E-state index is 12.0. The average Bonchev–Trinajstić information content (AvgIpc) is 3.03. The number of anilines is 1. The summed E-state index contributed by atoms with van der Waals surface area (Å²) in [6, 6.07) is 11.7. The summed E-state index contributed by atoms with van der Waals surface area (Å²) in [7, 11) is 0. The lowest BCUT2D eigenvalue weighted by Gasteiger charge is -2.06. The molecule has 0 atom stereocenters. The Hall–Kier alpha value is -1.85. The summed E-state index contributed by atoms with van der Waals surface area (Å²) in [5.74, 6) is 0. The van der Waals surface area contributed by atoms with E-state index in [2.05, 4.69) is 0 Å². The highest BCUT2D eigenvalue weighted by Gasteiger charge is 2.10. The summed E-state index contributed by atoms with van der Waals surface area (Å²) in [6.45, 7) is 0.579. The van der Waals surface area contributed by atoms with Crippen molar-refractivity contribution in [2.45, 2.75) is 6.54 Å². The zero-order valence-electron chi connectivity index (χ0n) is 10.1. The molecule has 3 nitrogen and oxygen atoms in total. The van der Waals surface area contributed by atoms with Crippen LogP contribution in [0, 0.1) is 0 Å². The molecular formula is C14H12N2OS2. The first kappa shape index (κ1) is 12.2. The van der Waals surface area contributed by atoms with Gasteiger partial charge < -0.3 is 5.73 Å². The fourth-order valence-electron chi connectivity index (χ4n) is 1.90. The van der Waals surface area contributed by atoms with Crippen molar-refractivity contribution in [1.82, 2.24) is 4.57 Å². The third-order valence-electron chi connectivity index (χ3n) is 2.88. The first-order valence-corrected chi connectivity index (χ1v) is 7.56. The van der Waals surface area contributed by atoms with Crippen molar-refractivity contribution < 1.29 is 0 Å². The van der Waals surface area contributed by atoms with E-state index in [0.717, 1.165) is 21.8 Å². The maximum Gasteiger partial charge on any atom is 0.307 e. The minimum Gasteiger partial charge on any atom is -0.399 e. The topological polar surface area (TPSA) is 48.0 Å². The van der Waals surface area contributed by atoms with E-state index in [4.69, 9.17) is 5.73 Å². The standard InChI is InChI=1S/C14H12N2OS2/c15-11-5-3-10(4-6-11)8-16-12(9-19-14(16)17)13-2-1-7-18-13/h1-7,9H,8,15H2. The van der Waals surface area contributed by atoms with Crippen LogP contribution in [0.4, 0.5) is 5.69 Å². The molecule has 0 bridgehead atoms. The predicted octanol–water partition coefficient (Wildman–Crippen LogP) is 3.27. The zero-order valence-corrected chi connectivity index (χ0v) is 11.7. The SMILES string of the molecule is Nc1ccc(Cn2c(-c3cccs3)csc2=O)cc1. The number of benzene rings is 1. The number of nitrogen functional groups attached to an aromatic ring is 1. The van der Waals surface area contributed by atoms with E-state index in [0.29, 0.717) is 6.54 Å². The number of hydrogen-bond acceptors (Lipinski definition) is 4. The van der Waals surface area contributed by atoms with Crippen LogP contribution < -0.4 is 10.6 Å². The Bertz CT molecular complexity index is 724. The van der Waals surface area contributed by atoms with Gasteiger partial charge in [0, 0.05) is 11.1 Å². The molecule has 0 fully saturated rings. The molecule has 3 rings (SSSR count). The van der Waals surface area contributed by atoms with Crippen molar-refractivity contribution >= 4 is 28.4 Å². The Morgan fingerprint density at radius 2 is 1.89 bits per heavy atom.